The first-order valence-corrected chi connectivity index (χ1v) is 11.5. The number of carbonyl (C=O) groups excluding carboxylic acids is 1. The van der Waals surface area contributed by atoms with Crippen molar-refractivity contribution in [3.8, 4) is 0 Å². The van der Waals surface area contributed by atoms with Crippen molar-refractivity contribution in [3.05, 3.63) is 47.4 Å². The Hall–Kier alpha value is -3.26. The van der Waals surface area contributed by atoms with Crippen molar-refractivity contribution in [2.45, 2.75) is 70.6 Å². The van der Waals surface area contributed by atoms with Crippen molar-refractivity contribution in [2.75, 3.05) is 10.6 Å². The van der Waals surface area contributed by atoms with E-state index in [9.17, 15) is 4.79 Å². The summed E-state index contributed by atoms with van der Waals surface area (Å²) in [4.78, 5) is 26.2. The van der Waals surface area contributed by atoms with Gasteiger partial charge in [0.05, 0.1) is 11.3 Å². The van der Waals surface area contributed by atoms with Crippen LogP contribution in [0, 0.1) is 0 Å². The first-order valence-electron chi connectivity index (χ1n) is 11.5. The highest BCUT2D eigenvalue weighted by Crippen LogP contribution is 2.34. The number of hydrogen-bond acceptors (Lipinski definition) is 8. The average molecular weight is 447 g/mol. The number of rotatable bonds is 5. The molecule has 0 spiro atoms. The highest BCUT2D eigenvalue weighted by Gasteiger charge is 2.31. The lowest BCUT2D eigenvalue weighted by Crippen LogP contribution is -2.30. The molecule has 4 heterocycles. The molecule has 3 aromatic rings. The van der Waals surface area contributed by atoms with Crippen LogP contribution < -0.4 is 16.4 Å². The lowest BCUT2D eigenvalue weighted by Gasteiger charge is -2.28. The Kier molecular flexibility index (Phi) is 5.20. The quantitative estimate of drug-likeness (QED) is 0.488. The van der Waals surface area contributed by atoms with Crippen LogP contribution >= 0.6 is 0 Å². The number of aromatic nitrogens is 3. The van der Waals surface area contributed by atoms with E-state index in [2.05, 4.69) is 20.6 Å². The molecule has 0 amide bonds. The fraction of sp³-hybridized carbons (Fsp3) is 0.440. The zero-order chi connectivity index (χ0) is 23.3. The van der Waals surface area contributed by atoms with Crippen LogP contribution in [0.4, 0.5) is 17.5 Å². The summed E-state index contributed by atoms with van der Waals surface area (Å²) in [5.41, 5.74) is 8.12. The Labute approximate surface area is 193 Å². The molecule has 0 unspecified atom stereocenters. The molecule has 8 nitrogen and oxygen atoms in total. The van der Waals surface area contributed by atoms with Crippen LogP contribution in [0.5, 0.6) is 0 Å². The summed E-state index contributed by atoms with van der Waals surface area (Å²) in [6.45, 7) is 7.85. The summed E-state index contributed by atoms with van der Waals surface area (Å²) in [7, 11) is 0. The highest BCUT2D eigenvalue weighted by atomic mass is 16.5. The van der Waals surface area contributed by atoms with E-state index in [0.717, 1.165) is 40.7 Å². The summed E-state index contributed by atoms with van der Waals surface area (Å²) in [6.07, 6.45) is 7.05. The molecule has 5 rings (SSSR count). The minimum Gasteiger partial charge on any atom is -0.458 e. The maximum Gasteiger partial charge on any atom is 0.340 e. The van der Waals surface area contributed by atoms with Gasteiger partial charge >= 0.3 is 5.97 Å². The summed E-state index contributed by atoms with van der Waals surface area (Å²) >= 11 is 0. The van der Waals surface area contributed by atoms with Gasteiger partial charge in [-0.05, 0) is 69.2 Å². The van der Waals surface area contributed by atoms with Crippen molar-refractivity contribution in [1.29, 1.82) is 0 Å². The Morgan fingerprint density at radius 1 is 1.09 bits per heavy atom. The number of carbonyl (C=O) groups is 1. The second kappa shape index (κ2) is 7.95. The van der Waals surface area contributed by atoms with Crippen molar-refractivity contribution in [3.63, 3.8) is 0 Å². The van der Waals surface area contributed by atoms with E-state index in [1.54, 1.807) is 12.1 Å². The van der Waals surface area contributed by atoms with Crippen LogP contribution in [0.25, 0.3) is 10.8 Å². The average Bonchev–Trinajstić information content (AvgIpc) is 2.73. The molecule has 3 aromatic heterocycles. The standard InChI is InChI=1S/C25H30N6O2/c1-13-14(2)33-24(32)16-8-9-20(31-22(13)16)30-21-10-17-18(11-27-21)23(29-15-6-5-7-15)28-12-19(17)25(3,4)26/h8-15H,5-7,26H2,1-4H3,(H,28,29)(H,27,30,31)/t13-,14-/m0/s1. The van der Waals surface area contributed by atoms with E-state index < -0.39 is 5.54 Å². The molecule has 2 aliphatic rings. The molecule has 172 valence electrons. The fourth-order valence-corrected chi connectivity index (χ4v) is 4.33. The van der Waals surface area contributed by atoms with Gasteiger partial charge in [0.25, 0.3) is 0 Å². The number of nitrogens with one attached hydrogen (secondary N) is 2. The van der Waals surface area contributed by atoms with Crippen molar-refractivity contribution >= 4 is 34.2 Å². The SMILES string of the molecule is C[C@@H]1OC(=O)c2ccc(Nc3cc4c(C(C)(C)N)cnc(NC5CCC5)c4cn3)nc2[C@H]1C. The molecule has 1 aliphatic heterocycles. The van der Waals surface area contributed by atoms with E-state index in [-0.39, 0.29) is 18.0 Å². The largest absolute Gasteiger partial charge is 0.458 e. The number of nitrogens with two attached hydrogens (primary N) is 1. The number of anilines is 3. The summed E-state index contributed by atoms with van der Waals surface area (Å²) in [5.74, 6) is 1.81. The number of esters is 1. The molecular weight excluding hydrogens is 416 g/mol. The van der Waals surface area contributed by atoms with Gasteiger partial charge in [-0.2, -0.15) is 0 Å². The van der Waals surface area contributed by atoms with Gasteiger partial charge in [-0.3, -0.25) is 0 Å². The smallest absolute Gasteiger partial charge is 0.340 e. The monoisotopic (exact) mass is 446 g/mol. The van der Waals surface area contributed by atoms with Crippen molar-refractivity contribution < 1.29 is 9.53 Å². The van der Waals surface area contributed by atoms with Crippen LogP contribution in [0.1, 0.15) is 74.5 Å². The van der Waals surface area contributed by atoms with Crippen molar-refractivity contribution in [1.82, 2.24) is 15.0 Å². The molecule has 1 saturated carbocycles. The van der Waals surface area contributed by atoms with Gasteiger partial charge in [0, 0.05) is 35.3 Å². The fourth-order valence-electron chi connectivity index (χ4n) is 4.33. The number of pyridine rings is 3. The van der Waals surface area contributed by atoms with E-state index in [4.69, 9.17) is 15.5 Å². The lowest BCUT2D eigenvalue weighted by atomic mass is 9.91. The van der Waals surface area contributed by atoms with Crippen LogP contribution in [-0.4, -0.2) is 33.1 Å². The van der Waals surface area contributed by atoms with Crippen LogP contribution in [0.3, 0.4) is 0 Å². The minimum atomic E-state index is -0.561. The number of fused-ring (bicyclic) bond motifs is 2. The van der Waals surface area contributed by atoms with E-state index in [1.165, 1.54) is 6.42 Å². The van der Waals surface area contributed by atoms with Gasteiger partial charge in [-0.25, -0.2) is 19.7 Å². The van der Waals surface area contributed by atoms with E-state index in [1.807, 2.05) is 46.2 Å². The van der Waals surface area contributed by atoms with Gasteiger partial charge in [-0.1, -0.05) is 6.92 Å². The lowest BCUT2D eigenvalue weighted by molar-refractivity contribution is 0.0235. The molecule has 2 atom stereocenters. The summed E-state index contributed by atoms with van der Waals surface area (Å²) < 4.78 is 5.39. The van der Waals surface area contributed by atoms with Gasteiger partial charge in [0.2, 0.25) is 0 Å². The number of hydrogen-bond donors (Lipinski definition) is 3. The van der Waals surface area contributed by atoms with Gasteiger partial charge in [0.1, 0.15) is 23.6 Å². The Morgan fingerprint density at radius 2 is 1.88 bits per heavy atom. The second-order valence-corrected chi connectivity index (χ2v) is 9.78. The normalized spacial score (nSPS) is 20.7. The minimum absolute atomic E-state index is 0.0138. The zero-order valence-corrected chi connectivity index (χ0v) is 19.5. The highest BCUT2D eigenvalue weighted by molar-refractivity contribution is 5.96. The van der Waals surface area contributed by atoms with E-state index >= 15 is 0 Å². The van der Waals surface area contributed by atoms with Gasteiger partial charge in [-0.15, -0.1) is 0 Å². The Bertz CT molecular complexity index is 1230. The number of nitrogens with zero attached hydrogens (tertiary/aromatic N) is 3. The molecule has 0 bridgehead atoms. The molecule has 1 fully saturated rings. The predicted octanol–water partition coefficient (Wildman–Crippen LogP) is 4.59. The number of cyclic esters (lactones) is 1. The first kappa shape index (κ1) is 21.6. The van der Waals surface area contributed by atoms with E-state index in [0.29, 0.717) is 23.2 Å². The molecular formula is C25H30N6O2. The predicted molar refractivity (Wildman–Crippen MR) is 129 cm³/mol. The molecule has 4 N–H and O–H groups in total. The second-order valence-electron chi connectivity index (χ2n) is 9.78. The molecule has 0 saturated heterocycles. The zero-order valence-electron chi connectivity index (χ0n) is 19.5. The summed E-state index contributed by atoms with van der Waals surface area (Å²) in [6, 6.07) is 5.99. The third-order valence-corrected chi connectivity index (χ3v) is 6.74. The maximum atomic E-state index is 12.2. The molecule has 0 aromatic carbocycles. The molecule has 8 heteroatoms. The molecule has 0 radical (unpaired) electrons. The van der Waals surface area contributed by atoms with Crippen LogP contribution in [-0.2, 0) is 10.3 Å². The third-order valence-electron chi connectivity index (χ3n) is 6.74. The van der Waals surface area contributed by atoms with Crippen LogP contribution in [0.15, 0.2) is 30.6 Å². The molecule has 1 aliphatic carbocycles. The third kappa shape index (κ3) is 3.99. The summed E-state index contributed by atoms with van der Waals surface area (Å²) in [5, 5.41) is 8.80. The van der Waals surface area contributed by atoms with Crippen LogP contribution in [0.2, 0.25) is 0 Å². The van der Waals surface area contributed by atoms with Gasteiger partial charge in [0.15, 0.2) is 0 Å². The Morgan fingerprint density at radius 3 is 2.58 bits per heavy atom. The maximum absolute atomic E-state index is 12.2. The number of ether oxygens (including phenoxy) is 1. The van der Waals surface area contributed by atoms with Crippen molar-refractivity contribution in [2.24, 2.45) is 5.73 Å². The molecule has 33 heavy (non-hydrogen) atoms. The Balaban J connectivity index is 1.52. The topological polar surface area (TPSA) is 115 Å². The first-order chi connectivity index (χ1) is 15.7. The van der Waals surface area contributed by atoms with Gasteiger partial charge < -0.3 is 21.1 Å².